The molecule has 1 fully saturated rings. The van der Waals surface area contributed by atoms with Crippen LogP contribution >= 0.6 is 0 Å². The third-order valence-corrected chi connectivity index (χ3v) is 5.10. The molecule has 3 heterocycles. The molecule has 0 radical (unpaired) electrons. The van der Waals surface area contributed by atoms with Crippen molar-refractivity contribution in [2.75, 3.05) is 20.1 Å². The molecule has 1 aliphatic rings. The first kappa shape index (κ1) is 16.7. The number of rotatable bonds is 4. The standard InChI is InChI=1S/C20H23N5O/c1-24(20(26)18-10-9-17-19(23-18)22-14-21-17)16-8-5-11-25(13-16)12-15-6-3-2-4-7-15/h2-4,6-7,9-10,14,16H,5,8,11-13H2,1H3,(H,21,22,23). The molecule has 0 aliphatic carbocycles. The van der Waals surface area contributed by atoms with Gasteiger partial charge in [0.25, 0.3) is 5.91 Å². The second-order valence-corrected chi connectivity index (χ2v) is 6.90. The van der Waals surface area contributed by atoms with Crippen molar-refractivity contribution in [3.05, 3.63) is 60.0 Å². The molecule has 134 valence electrons. The van der Waals surface area contributed by atoms with Crippen molar-refractivity contribution in [2.24, 2.45) is 0 Å². The molecule has 6 nitrogen and oxygen atoms in total. The van der Waals surface area contributed by atoms with Gasteiger partial charge in [0.15, 0.2) is 5.65 Å². The molecule has 0 saturated carbocycles. The van der Waals surface area contributed by atoms with Crippen molar-refractivity contribution in [2.45, 2.75) is 25.4 Å². The van der Waals surface area contributed by atoms with Crippen LogP contribution in [0.15, 0.2) is 48.8 Å². The Morgan fingerprint density at radius 1 is 1.27 bits per heavy atom. The number of H-pyrrole nitrogens is 1. The van der Waals surface area contributed by atoms with Gasteiger partial charge in [0.05, 0.1) is 11.8 Å². The van der Waals surface area contributed by atoms with Crippen LogP contribution in [0, 0.1) is 0 Å². The lowest BCUT2D eigenvalue weighted by Crippen LogP contribution is -2.48. The van der Waals surface area contributed by atoms with Crippen LogP contribution in [0.25, 0.3) is 11.2 Å². The van der Waals surface area contributed by atoms with E-state index in [1.807, 2.05) is 24.1 Å². The van der Waals surface area contributed by atoms with Crippen LogP contribution < -0.4 is 0 Å². The number of imidazole rings is 1. The maximum atomic E-state index is 12.9. The number of benzene rings is 1. The third-order valence-electron chi connectivity index (χ3n) is 5.10. The summed E-state index contributed by atoms with van der Waals surface area (Å²) in [6.07, 6.45) is 3.72. The Kier molecular flexibility index (Phi) is 4.67. The van der Waals surface area contributed by atoms with Crippen molar-refractivity contribution in [1.82, 2.24) is 24.8 Å². The predicted molar refractivity (Wildman–Crippen MR) is 101 cm³/mol. The number of carbonyl (C=O) groups excluding carboxylic acids is 1. The lowest BCUT2D eigenvalue weighted by atomic mass is 10.0. The Bertz CT molecular complexity index is 891. The second kappa shape index (κ2) is 7.25. The highest BCUT2D eigenvalue weighted by molar-refractivity contribution is 5.94. The number of aromatic amines is 1. The van der Waals surface area contributed by atoms with E-state index < -0.39 is 0 Å². The molecule has 0 bridgehead atoms. The molecule has 1 unspecified atom stereocenters. The molecular formula is C20H23N5O. The summed E-state index contributed by atoms with van der Waals surface area (Å²) in [6.45, 7) is 2.89. The van der Waals surface area contributed by atoms with E-state index in [9.17, 15) is 4.79 Å². The fourth-order valence-electron chi connectivity index (χ4n) is 3.62. The molecule has 3 aromatic rings. The highest BCUT2D eigenvalue weighted by Gasteiger charge is 2.27. The van der Waals surface area contributed by atoms with Crippen LogP contribution in [0.1, 0.15) is 28.9 Å². The average Bonchev–Trinajstić information content (AvgIpc) is 3.15. The molecule has 1 aliphatic heterocycles. The van der Waals surface area contributed by atoms with E-state index in [-0.39, 0.29) is 11.9 Å². The highest BCUT2D eigenvalue weighted by atomic mass is 16.2. The molecule has 1 atom stereocenters. The lowest BCUT2D eigenvalue weighted by molar-refractivity contribution is 0.0604. The van der Waals surface area contributed by atoms with Gasteiger partial charge in [-0.05, 0) is 37.1 Å². The molecule has 26 heavy (non-hydrogen) atoms. The third kappa shape index (κ3) is 3.46. The summed E-state index contributed by atoms with van der Waals surface area (Å²) in [5, 5.41) is 0. The Balaban J connectivity index is 1.44. The van der Waals surface area contributed by atoms with Crippen molar-refractivity contribution in [3.8, 4) is 0 Å². The van der Waals surface area contributed by atoms with Gasteiger partial charge in [-0.15, -0.1) is 0 Å². The van der Waals surface area contributed by atoms with Crippen LogP contribution in [0.3, 0.4) is 0 Å². The molecule has 1 saturated heterocycles. The van der Waals surface area contributed by atoms with Gasteiger partial charge in [0.2, 0.25) is 0 Å². The van der Waals surface area contributed by atoms with E-state index >= 15 is 0 Å². The number of aromatic nitrogens is 3. The SMILES string of the molecule is CN(C(=O)c1ccc2[nH]cnc2n1)C1CCCN(Cc2ccccc2)C1. The fraction of sp³-hybridized carbons (Fsp3) is 0.350. The number of hydrogen-bond donors (Lipinski definition) is 1. The van der Waals surface area contributed by atoms with Crippen molar-refractivity contribution in [3.63, 3.8) is 0 Å². The Morgan fingerprint density at radius 2 is 2.12 bits per heavy atom. The van der Waals surface area contributed by atoms with E-state index in [1.165, 1.54) is 5.56 Å². The number of carbonyl (C=O) groups is 1. The average molecular weight is 349 g/mol. The minimum Gasteiger partial charge on any atom is -0.343 e. The summed E-state index contributed by atoms with van der Waals surface area (Å²) in [7, 11) is 1.88. The van der Waals surface area contributed by atoms with Crippen LogP contribution in [0.4, 0.5) is 0 Å². The van der Waals surface area contributed by atoms with Crippen molar-refractivity contribution < 1.29 is 4.79 Å². The van der Waals surface area contributed by atoms with Crippen molar-refractivity contribution >= 4 is 17.1 Å². The van der Waals surface area contributed by atoms with E-state index in [1.54, 1.807) is 12.4 Å². The number of nitrogens with one attached hydrogen (secondary N) is 1. The Labute approximate surface area is 152 Å². The van der Waals surface area contributed by atoms with Crippen molar-refractivity contribution in [1.29, 1.82) is 0 Å². The van der Waals surface area contributed by atoms with Gasteiger partial charge >= 0.3 is 0 Å². The van der Waals surface area contributed by atoms with E-state index in [2.05, 4.69) is 44.1 Å². The van der Waals surface area contributed by atoms with Gasteiger partial charge in [0.1, 0.15) is 5.69 Å². The summed E-state index contributed by atoms with van der Waals surface area (Å²) in [5.41, 5.74) is 3.19. The first-order valence-electron chi connectivity index (χ1n) is 9.04. The molecule has 4 rings (SSSR count). The van der Waals surface area contributed by atoms with Crippen LogP contribution in [-0.2, 0) is 6.54 Å². The van der Waals surface area contributed by atoms with Crippen LogP contribution in [-0.4, -0.2) is 56.8 Å². The fourth-order valence-corrected chi connectivity index (χ4v) is 3.62. The molecule has 1 aromatic carbocycles. The smallest absolute Gasteiger partial charge is 0.272 e. The molecular weight excluding hydrogens is 326 g/mol. The summed E-state index contributed by atoms with van der Waals surface area (Å²) in [4.78, 5) is 28.7. The number of fused-ring (bicyclic) bond motifs is 1. The zero-order chi connectivity index (χ0) is 17.9. The maximum Gasteiger partial charge on any atom is 0.272 e. The normalized spacial score (nSPS) is 18.1. The van der Waals surface area contributed by atoms with E-state index in [0.29, 0.717) is 11.3 Å². The Hall–Kier alpha value is -2.73. The number of pyridine rings is 1. The number of nitrogens with zero attached hydrogens (tertiary/aromatic N) is 4. The number of amides is 1. The van der Waals surface area contributed by atoms with Gasteiger partial charge in [-0.25, -0.2) is 9.97 Å². The predicted octanol–water partition coefficient (Wildman–Crippen LogP) is 2.69. The highest BCUT2D eigenvalue weighted by Crippen LogP contribution is 2.19. The number of piperidine rings is 1. The van der Waals surface area contributed by atoms with Gasteiger partial charge in [-0.2, -0.15) is 0 Å². The summed E-state index contributed by atoms with van der Waals surface area (Å²) < 4.78 is 0. The topological polar surface area (TPSA) is 65.1 Å². The first-order valence-corrected chi connectivity index (χ1v) is 9.04. The summed E-state index contributed by atoms with van der Waals surface area (Å²) in [5.74, 6) is -0.0403. The van der Waals surface area contributed by atoms with E-state index in [4.69, 9.17) is 0 Å². The summed E-state index contributed by atoms with van der Waals surface area (Å²) >= 11 is 0. The largest absolute Gasteiger partial charge is 0.343 e. The second-order valence-electron chi connectivity index (χ2n) is 6.90. The number of likely N-dealkylation sites (N-methyl/N-ethyl adjacent to an activating group) is 1. The molecule has 2 aromatic heterocycles. The number of hydrogen-bond acceptors (Lipinski definition) is 4. The van der Waals surface area contributed by atoms with Crippen LogP contribution in [0.2, 0.25) is 0 Å². The van der Waals surface area contributed by atoms with Gasteiger partial charge < -0.3 is 9.88 Å². The number of likely N-dealkylation sites (tertiary alicyclic amines) is 1. The van der Waals surface area contributed by atoms with Gasteiger partial charge in [-0.3, -0.25) is 9.69 Å². The Morgan fingerprint density at radius 3 is 2.96 bits per heavy atom. The van der Waals surface area contributed by atoms with Gasteiger partial charge in [-0.1, -0.05) is 30.3 Å². The minimum atomic E-state index is -0.0403. The molecule has 6 heteroatoms. The molecule has 1 amide bonds. The van der Waals surface area contributed by atoms with E-state index in [0.717, 1.165) is 38.0 Å². The zero-order valence-electron chi connectivity index (χ0n) is 14.9. The molecule has 0 spiro atoms. The van der Waals surface area contributed by atoms with Gasteiger partial charge in [0, 0.05) is 26.2 Å². The zero-order valence-corrected chi connectivity index (χ0v) is 14.9. The quantitative estimate of drug-likeness (QED) is 0.786. The minimum absolute atomic E-state index is 0.0403. The molecule has 1 N–H and O–H groups in total. The first-order chi connectivity index (χ1) is 12.7. The monoisotopic (exact) mass is 349 g/mol. The maximum absolute atomic E-state index is 12.9. The summed E-state index contributed by atoms with van der Waals surface area (Å²) in [6, 6.07) is 14.3. The van der Waals surface area contributed by atoms with Crippen LogP contribution in [0.5, 0.6) is 0 Å². The lowest BCUT2D eigenvalue weighted by Gasteiger charge is -2.37.